The van der Waals surface area contributed by atoms with Gasteiger partial charge >= 0.3 is 5.97 Å². The predicted octanol–water partition coefficient (Wildman–Crippen LogP) is 1.70. The Kier molecular flexibility index (Phi) is 3.44. The average Bonchev–Trinajstić information content (AvgIpc) is 2.90. The van der Waals surface area contributed by atoms with Crippen molar-refractivity contribution in [3.05, 3.63) is 29.3 Å². The van der Waals surface area contributed by atoms with Gasteiger partial charge < -0.3 is 14.7 Å². The first-order chi connectivity index (χ1) is 9.66. The van der Waals surface area contributed by atoms with Crippen LogP contribution in [0.5, 0.6) is 0 Å². The van der Waals surface area contributed by atoms with Crippen LogP contribution in [-0.4, -0.2) is 36.7 Å². The second-order valence-electron chi connectivity index (χ2n) is 5.30. The van der Waals surface area contributed by atoms with Crippen molar-refractivity contribution in [3.63, 3.8) is 0 Å². The number of carboxylic acid groups (broad SMARTS) is 1. The molecule has 0 saturated carbocycles. The van der Waals surface area contributed by atoms with Crippen LogP contribution in [0.25, 0.3) is 0 Å². The van der Waals surface area contributed by atoms with Crippen LogP contribution in [0.1, 0.15) is 28.8 Å². The first-order valence-electron chi connectivity index (χ1n) is 6.92. The van der Waals surface area contributed by atoms with Crippen LogP contribution in [0.3, 0.4) is 0 Å². The number of amides is 1. The van der Waals surface area contributed by atoms with Crippen molar-refractivity contribution >= 4 is 17.6 Å². The highest BCUT2D eigenvalue weighted by molar-refractivity contribution is 5.99. The van der Waals surface area contributed by atoms with E-state index in [4.69, 9.17) is 9.84 Å². The molecule has 20 heavy (non-hydrogen) atoms. The number of anilines is 1. The van der Waals surface area contributed by atoms with E-state index >= 15 is 0 Å². The number of carboxylic acids is 1. The van der Waals surface area contributed by atoms with Crippen LogP contribution in [0.15, 0.2) is 18.2 Å². The SMILES string of the molecule is O=C(O)c1ccc2c(c1)N(C(=O)C1CCCOC1)CC2. The van der Waals surface area contributed by atoms with Gasteiger partial charge in [0.2, 0.25) is 5.91 Å². The zero-order valence-corrected chi connectivity index (χ0v) is 11.2. The van der Waals surface area contributed by atoms with E-state index in [0.717, 1.165) is 37.1 Å². The fraction of sp³-hybridized carbons (Fsp3) is 0.467. The second kappa shape index (κ2) is 5.25. The molecule has 0 aromatic heterocycles. The molecule has 2 aliphatic rings. The summed E-state index contributed by atoms with van der Waals surface area (Å²) in [6.07, 6.45) is 2.55. The van der Waals surface area contributed by atoms with Gasteiger partial charge in [-0.15, -0.1) is 0 Å². The van der Waals surface area contributed by atoms with Crippen molar-refractivity contribution in [2.45, 2.75) is 19.3 Å². The normalized spacial score (nSPS) is 21.6. The zero-order chi connectivity index (χ0) is 14.1. The molecule has 2 heterocycles. The van der Waals surface area contributed by atoms with Crippen LogP contribution in [-0.2, 0) is 16.0 Å². The van der Waals surface area contributed by atoms with Gasteiger partial charge in [-0.3, -0.25) is 4.79 Å². The molecule has 3 rings (SSSR count). The van der Waals surface area contributed by atoms with E-state index in [1.165, 1.54) is 0 Å². The molecule has 2 aliphatic heterocycles. The number of carbonyl (C=O) groups excluding carboxylic acids is 1. The Labute approximate surface area is 117 Å². The summed E-state index contributed by atoms with van der Waals surface area (Å²) < 4.78 is 5.37. The minimum atomic E-state index is -0.965. The molecule has 1 aromatic rings. The van der Waals surface area contributed by atoms with Gasteiger partial charge in [-0.25, -0.2) is 4.79 Å². The Hall–Kier alpha value is -1.88. The van der Waals surface area contributed by atoms with Gasteiger partial charge in [0.1, 0.15) is 0 Å². The Balaban J connectivity index is 1.85. The Morgan fingerprint density at radius 1 is 1.35 bits per heavy atom. The second-order valence-corrected chi connectivity index (χ2v) is 5.30. The average molecular weight is 275 g/mol. The summed E-state index contributed by atoms with van der Waals surface area (Å²) in [7, 11) is 0. The van der Waals surface area contributed by atoms with E-state index in [9.17, 15) is 9.59 Å². The third-order valence-corrected chi connectivity index (χ3v) is 4.00. The molecule has 0 aliphatic carbocycles. The molecule has 1 saturated heterocycles. The zero-order valence-electron chi connectivity index (χ0n) is 11.2. The molecule has 106 valence electrons. The lowest BCUT2D eigenvalue weighted by Gasteiger charge is -2.26. The van der Waals surface area contributed by atoms with E-state index < -0.39 is 5.97 Å². The van der Waals surface area contributed by atoms with E-state index in [2.05, 4.69) is 0 Å². The summed E-state index contributed by atoms with van der Waals surface area (Å²) in [5.74, 6) is -0.998. The number of aromatic carboxylic acids is 1. The summed E-state index contributed by atoms with van der Waals surface area (Å²) >= 11 is 0. The largest absolute Gasteiger partial charge is 0.478 e. The Bertz CT molecular complexity index is 549. The molecule has 1 atom stereocenters. The Morgan fingerprint density at radius 3 is 2.90 bits per heavy atom. The van der Waals surface area contributed by atoms with Crippen molar-refractivity contribution in [2.24, 2.45) is 5.92 Å². The maximum atomic E-state index is 12.5. The molecule has 5 nitrogen and oxygen atoms in total. The standard InChI is InChI=1S/C15H17NO4/c17-14(12-2-1-7-20-9-12)16-6-5-10-3-4-11(15(18)19)8-13(10)16/h3-4,8,12H,1-2,5-7,9H2,(H,18,19). The van der Waals surface area contributed by atoms with Gasteiger partial charge in [-0.1, -0.05) is 6.07 Å². The van der Waals surface area contributed by atoms with Gasteiger partial charge in [0, 0.05) is 18.8 Å². The van der Waals surface area contributed by atoms with Crippen LogP contribution in [0.2, 0.25) is 0 Å². The highest BCUT2D eigenvalue weighted by Gasteiger charge is 2.31. The minimum absolute atomic E-state index is 0.0611. The third kappa shape index (κ3) is 2.29. The molecule has 1 aromatic carbocycles. The molecule has 5 heteroatoms. The predicted molar refractivity (Wildman–Crippen MR) is 73.0 cm³/mol. The summed E-state index contributed by atoms with van der Waals surface area (Å²) in [4.78, 5) is 25.3. The van der Waals surface area contributed by atoms with Crippen LogP contribution < -0.4 is 4.90 Å². The molecule has 0 bridgehead atoms. The number of fused-ring (bicyclic) bond motifs is 1. The first kappa shape index (κ1) is 13.1. The smallest absolute Gasteiger partial charge is 0.335 e. The van der Waals surface area contributed by atoms with Crippen molar-refractivity contribution in [1.82, 2.24) is 0 Å². The summed E-state index contributed by atoms with van der Waals surface area (Å²) in [6.45, 7) is 1.83. The van der Waals surface area contributed by atoms with E-state index in [0.29, 0.717) is 13.2 Å². The Morgan fingerprint density at radius 2 is 2.20 bits per heavy atom. The van der Waals surface area contributed by atoms with Gasteiger partial charge in [0.25, 0.3) is 0 Å². The lowest BCUT2D eigenvalue weighted by Crippen LogP contribution is -2.38. The van der Waals surface area contributed by atoms with E-state index in [1.54, 1.807) is 17.0 Å². The minimum Gasteiger partial charge on any atom is -0.478 e. The summed E-state index contributed by atoms with van der Waals surface area (Å²) in [6, 6.07) is 5.01. The number of carbonyl (C=O) groups is 2. The highest BCUT2D eigenvalue weighted by Crippen LogP contribution is 2.31. The van der Waals surface area contributed by atoms with Crippen LogP contribution >= 0.6 is 0 Å². The van der Waals surface area contributed by atoms with Gasteiger partial charge in [0.05, 0.1) is 18.1 Å². The first-order valence-corrected chi connectivity index (χ1v) is 6.92. The van der Waals surface area contributed by atoms with E-state index in [1.807, 2.05) is 6.07 Å². The molecule has 0 radical (unpaired) electrons. The van der Waals surface area contributed by atoms with Crippen LogP contribution in [0, 0.1) is 5.92 Å². The molecule has 0 spiro atoms. The number of rotatable bonds is 2. The van der Waals surface area contributed by atoms with Crippen molar-refractivity contribution in [3.8, 4) is 0 Å². The maximum absolute atomic E-state index is 12.5. The summed E-state index contributed by atoms with van der Waals surface area (Å²) in [5, 5.41) is 9.07. The quantitative estimate of drug-likeness (QED) is 0.892. The van der Waals surface area contributed by atoms with Crippen LogP contribution in [0.4, 0.5) is 5.69 Å². The summed E-state index contributed by atoms with van der Waals surface area (Å²) in [5.41, 5.74) is 2.02. The molecule has 1 unspecified atom stereocenters. The fourth-order valence-corrected chi connectivity index (χ4v) is 2.90. The van der Waals surface area contributed by atoms with Gasteiger partial charge in [-0.05, 0) is 37.0 Å². The van der Waals surface area contributed by atoms with Crippen molar-refractivity contribution in [1.29, 1.82) is 0 Å². The monoisotopic (exact) mass is 275 g/mol. The lowest BCUT2D eigenvalue weighted by molar-refractivity contribution is -0.126. The van der Waals surface area contributed by atoms with Gasteiger partial charge in [0.15, 0.2) is 0 Å². The fourth-order valence-electron chi connectivity index (χ4n) is 2.90. The number of benzene rings is 1. The van der Waals surface area contributed by atoms with Crippen molar-refractivity contribution < 1.29 is 19.4 Å². The topological polar surface area (TPSA) is 66.8 Å². The molecule has 1 amide bonds. The van der Waals surface area contributed by atoms with Gasteiger partial charge in [-0.2, -0.15) is 0 Å². The number of hydrogen-bond acceptors (Lipinski definition) is 3. The van der Waals surface area contributed by atoms with E-state index in [-0.39, 0.29) is 17.4 Å². The number of nitrogens with zero attached hydrogens (tertiary/aromatic N) is 1. The van der Waals surface area contributed by atoms with Crippen molar-refractivity contribution in [2.75, 3.05) is 24.7 Å². The third-order valence-electron chi connectivity index (χ3n) is 4.00. The molecular formula is C15H17NO4. The maximum Gasteiger partial charge on any atom is 0.335 e. The number of ether oxygens (including phenoxy) is 1. The molecule has 1 fully saturated rings. The molecular weight excluding hydrogens is 258 g/mol. The number of hydrogen-bond donors (Lipinski definition) is 1. The lowest BCUT2D eigenvalue weighted by atomic mass is 10.0. The molecule has 1 N–H and O–H groups in total. The highest BCUT2D eigenvalue weighted by atomic mass is 16.5.